The van der Waals surface area contributed by atoms with Gasteiger partial charge in [-0.15, -0.1) is 0 Å². The number of nitrogens with zero attached hydrogens (tertiary/aromatic N) is 1. The van der Waals surface area contributed by atoms with Crippen LogP contribution in [0.15, 0.2) is 41.3 Å². The van der Waals surface area contributed by atoms with Gasteiger partial charge in [-0.1, -0.05) is 12.1 Å². The van der Waals surface area contributed by atoms with Crippen molar-refractivity contribution in [2.45, 2.75) is 51.5 Å². The number of amides is 1. The third-order valence-corrected chi connectivity index (χ3v) is 7.59. The minimum absolute atomic E-state index is 0.0388. The van der Waals surface area contributed by atoms with Gasteiger partial charge in [0.1, 0.15) is 0 Å². The minimum Gasteiger partial charge on any atom is -0.490 e. The maximum Gasteiger partial charge on any atom is 0.243 e. The molecule has 1 N–H and O–H groups in total. The molecule has 0 aromatic heterocycles. The van der Waals surface area contributed by atoms with E-state index in [4.69, 9.17) is 14.2 Å². The Morgan fingerprint density at radius 2 is 1.85 bits per heavy atom. The summed E-state index contributed by atoms with van der Waals surface area (Å²) in [4.78, 5) is 13.0. The summed E-state index contributed by atoms with van der Waals surface area (Å²) in [6.45, 7) is 8.69. The normalized spacial score (nSPS) is 16.0. The standard InChI is InChI=1S/C25H34N2O6S/c1-5-31-23-13-12-21(15-24(23)32-6-2)34(29,30)27(16-20-10-8-14-33-20)17-25(28)26-22-11-7-9-18(3)19(22)4/h7,9,11-13,15,20H,5-6,8,10,14,16-17H2,1-4H3,(H,26,28). The number of rotatable bonds is 11. The lowest BCUT2D eigenvalue weighted by Crippen LogP contribution is -2.42. The second-order valence-corrected chi connectivity index (χ2v) is 10.1. The van der Waals surface area contributed by atoms with E-state index in [1.165, 1.54) is 16.4 Å². The van der Waals surface area contributed by atoms with Crippen LogP contribution in [0.4, 0.5) is 5.69 Å². The Morgan fingerprint density at radius 3 is 2.53 bits per heavy atom. The fourth-order valence-electron chi connectivity index (χ4n) is 3.84. The van der Waals surface area contributed by atoms with Crippen LogP contribution in [0.5, 0.6) is 11.5 Å². The molecule has 0 aliphatic carbocycles. The van der Waals surface area contributed by atoms with E-state index in [0.29, 0.717) is 37.0 Å². The molecule has 0 spiro atoms. The Labute approximate surface area is 202 Å². The van der Waals surface area contributed by atoms with Gasteiger partial charge in [0, 0.05) is 24.9 Å². The van der Waals surface area contributed by atoms with E-state index >= 15 is 0 Å². The van der Waals surface area contributed by atoms with Gasteiger partial charge in [0.15, 0.2) is 11.5 Å². The highest BCUT2D eigenvalue weighted by Gasteiger charge is 2.31. The van der Waals surface area contributed by atoms with Crippen LogP contribution < -0.4 is 14.8 Å². The van der Waals surface area contributed by atoms with Gasteiger partial charge in [-0.05, 0) is 69.9 Å². The van der Waals surface area contributed by atoms with Gasteiger partial charge in [-0.3, -0.25) is 4.79 Å². The molecule has 0 radical (unpaired) electrons. The Balaban J connectivity index is 1.88. The van der Waals surface area contributed by atoms with Crippen molar-refractivity contribution in [1.29, 1.82) is 0 Å². The van der Waals surface area contributed by atoms with E-state index in [1.54, 1.807) is 12.1 Å². The van der Waals surface area contributed by atoms with Gasteiger partial charge in [0.05, 0.1) is 30.8 Å². The molecule has 34 heavy (non-hydrogen) atoms. The van der Waals surface area contributed by atoms with Crippen LogP contribution in [0.2, 0.25) is 0 Å². The van der Waals surface area contributed by atoms with Crippen molar-refractivity contribution in [1.82, 2.24) is 4.31 Å². The lowest BCUT2D eigenvalue weighted by Gasteiger charge is -2.25. The van der Waals surface area contributed by atoms with Gasteiger partial charge in [-0.25, -0.2) is 8.42 Å². The Kier molecular flexibility index (Phi) is 8.93. The molecule has 186 valence electrons. The van der Waals surface area contributed by atoms with E-state index in [-0.39, 0.29) is 24.1 Å². The number of nitrogens with one attached hydrogen (secondary N) is 1. The molecule has 2 aromatic carbocycles. The number of hydrogen-bond donors (Lipinski definition) is 1. The van der Waals surface area contributed by atoms with E-state index in [0.717, 1.165) is 24.0 Å². The maximum atomic E-state index is 13.6. The van der Waals surface area contributed by atoms with E-state index < -0.39 is 15.9 Å². The first-order valence-electron chi connectivity index (χ1n) is 11.6. The smallest absolute Gasteiger partial charge is 0.243 e. The molecule has 0 saturated carbocycles. The summed E-state index contributed by atoms with van der Waals surface area (Å²) in [7, 11) is -4.01. The average Bonchev–Trinajstić information content (AvgIpc) is 3.31. The Hall–Kier alpha value is -2.62. The highest BCUT2D eigenvalue weighted by molar-refractivity contribution is 7.89. The zero-order valence-electron chi connectivity index (χ0n) is 20.3. The van der Waals surface area contributed by atoms with Gasteiger partial charge >= 0.3 is 0 Å². The number of aryl methyl sites for hydroxylation is 1. The number of anilines is 1. The third kappa shape index (κ3) is 6.28. The summed E-state index contributed by atoms with van der Waals surface area (Å²) < 4.78 is 45.3. The maximum absolute atomic E-state index is 13.6. The van der Waals surface area contributed by atoms with Crippen molar-refractivity contribution in [2.24, 2.45) is 0 Å². The zero-order chi connectivity index (χ0) is 24.7. The molecule has 3 rings (SSSR count). The molecule has 1 atom stereocenters. The number of carbonyl (C=O) groups is 1. The second-order valence-electron chi connectivity index (χ2n) is 8.20. The summed E-state index contributed by atoms with van der Waals surface area (Å²) in [6.07, 6.45) is 1.36. The SMILES string of the molecule is CCOc1ccc(S(=O)(=O)N(CC(=O)Nc2cccc(C)c2C)CC2CCCO2)cc1OCC. The quantitative estimate of drug-likeness (QED) is 0.513. The molecule has 0 bridgehead atoms. The molecular formula is C25H34N2O6S. The minimum atomic E-state index is -4.01. The number of sulfonamides is 1. The third-order valence-electron chi connectivity index (χ3n) is 5.78. The number of ether oxygens (including phenoxy) is 3. The summed E-state index contributed by atoms with van der Waals surface area (Å²) in [6, 6.07) is 10.1. The summed E-state index contributed by atoms with van der Waals surface area (Å²) >= 11 is 0. The predicted molar refractivity (Wildman–Crippen MR) is 131 cm³/mol. The first-order chi connectivity index (χ1) is 16.3. The summed E-state index contributed by atoms with van der Waals surface area (Å²) in [5.41, 5.74) is 2.65. The summed E-state index contributed by atoms with van der Waals surface area (Å²) in [5.74, 6) is 0.412. The van der Waals surface area contributed by atoms with Crippen molar-refractivity contribution >= 4 is 21.6 Å². The van der Waals surface area contributed by atoms with Crippen molar-refractivity contribution in [3.63, 3.8) is 0 Å². The molecule has 9 heteroatoms. The van der Waals surface area contributed by atoms with Crippen LogP contribution in [0.25, 0.3) is 0 Å². The lowest BCUT2D eigenvalue weighted by molar-refractivity contribution is -0.116. The monoisotopic (exact) mass is 490 g/mol. The molecule has 1 aliphatic rings. The molecule has 1 unspecified atom stereocenters. The number of hydrogen-bond acceptors (Lipinski definition) is 6. The van der Waals surface area contributed by atoms with Gasteiger partial charge in [-0.2, -0.15) is 4.31 Å². The average molecular weight is 491 g/mol. The lowest BCUT2D eigenvalue weighted by atomic mass is 10.1. The molecule has 1 amide bonds. The first kappa shape index (κ1) is 26.0. The highest BCUT2D eigenvalue weighted by atomic mass is 32.2. The highest BCUT2D eigenvalue weighted by Crippen LogP contribution is 2.32. The largest absolute Gasteiger partial charge is 0.490 e. The molecule has 1 saturated heterocycles. The van der Waals surface area contributed by atoms with E-state index in [9.17, 15) is 13.2 Å². The molecule has 1 fully saturated rings. The van der Waals surface area contributed by atoms with Crippen molar-refractivity contribution < 1.29 is 27.4 Å². The molecular weight excluding hydrogens is 456 g/mol. The second kappa shape index (κ2) is 11.7. The van der Waals surface area contributed by atoms with Gasteiger partial charge in [0.25, 0.3) is 0 Å². The van der Waals surface area contributed by atoms with Crippen LogP contribution in [0.1, 0.15) is 37.8 Å². The Bertz CT molecular complexity index is 1100. The van der Waals surface area contributed by atoms with Crippen molar-refractivity contribution in [2.75, 3.05) is 38.2 Å². The first-order valence-corrected chi connectivity index (χ1v) is 13.1. The van der Waals surface area contributed by atoms with Gasteiger partial charge < -0.3 is 19.5 Å². The van der Waals surface area contributed by atoms with Crippen LogP contribution in [0.3, 0.4) is 0 Å². The molecule has 1 heterocycles. The van der Waals surface area contributed by atoms with Crippen molar-refractivity contribution in [3.05, 3.63) is 47.5 Å². The number of carbonyl (C=O) groups excluding carboxylic acids is 1. The van der Waals surface area contributed by atoms with Crippen molar-refractivity contribution in [3.8, 4) is 11.5 Å². The van der Waals surface area contributed by atoms with E-state index in [1.807, 2.05) is 39.8 Å². The molecule has 8 nitrogen and oxygen atoms in total. The van der Waals surface area contributed by atoms with Crippen LogP contribution in [0, 0.1) is 13.8 Å². The molecule has 1 aliphatic heterocycles. The van der Waals surface area contributed by atoms with Crippen LogP contribution >= 0.6 is 0 Å². The molecule has 2 aromatic rings. The fraction of sp³-hybridized carbons (Fsp3) is 0.480. The Morgan fingerprint density at radius 1 is 1.12 bits per heavy atom. The van der Waals surface area contributed by atoms with E-state index in [2.05, 4.69) is 5.32 Å². The zero-order valence-corrected chi connectivity index (χ0v) is 21.1. The topological polar surface area (TPSA) is 94.2 Å². The van der Waals surface area contributed by atoms with Crippen LogP contribution in [-0.4, -0.2) is 57.6 Å². The summed E-state index contributed by atoms with van der Waals surface area (Å²) in [5, 5.41) is 2.86. The predicted octanol–water partition coefficient (Wildman–Crippen LogP) is 3.91. The fourth-order valence-corrected chi connectivity index (χ4v) is 5.28. The van der Waals surface area contributed by atoms with Crippen LogP contribution in [-0.2, 0) is 19.6 Å². The number of benzene rings is 2. The van der Waals surface area contributed by atoms with Gasteiger partial charge in [0.2, 0.25) is 15.9 Å².